The molecule has 0 aromatic heterocycles. The lowest BCUT2D eigenvalue weighted by atomic mass is 9.82. The highest BCUT2D eigenvalue weighted by Gasteiger charge is 2.22. The molecule has 0 N–H and O–H groups in total. The Morgan fingerprint density at radius 3 is 2.00 bits per heavy atom. The molecule has 0 aliphatic rings. The number of hydrogen-bond acceptors (Lipinski definition) is 0. The van der Waals surface area contributed by atoms with E-state index in [2.05, 4.69) is 20.8 Å². The molecule has 0 amide bonds. The topological polar surface area (TPSA) is 0 Å². The summed E-state index contributed by atoms with van der Waals surface area (Å²) in [5.74, 6) is -0.0232. The predicted octanol–water partition coefficient (Wildman–Crippen LogP) is 4.71. The van der Waals surface area contributed by atoms with E-state index in [0.29, 0.717) is 0 Å². The van der Waals surface area contributed by atoms with Gasteiger partial charge in [-0.2, -0.15) is 0 Å². The van der Waals surface area contributed by atoms with Crippen LogP contribution in [0.3, 0.4) is 0 Å². The largest absolute Gasteiger partial charge is 0.206 e. The quantitative estimate of drug-likeness (QED) is 0.645. The smallest absolute Gasteiger partial charge is 0.130 e. The molecule has 16 heavy (non-hydrogen) atoms. The Morgan fingerprint density at radius 1 is 1.00 bits per heavy atom. The van der Waals surface area contributed by atoms with Crippen molar-refractivity contribution in [2.24, 2.45) is 5.41 Å². The van der Waals surface area contributed by atoms with E-state index in [1.165, 1.54) is 0 Å². The second kappa shape index (κ2) is 4.20. The van der Waals surface area contributed by atoms with Gasteiger partial charge in [0.2, 0.25) is 0 Å². The van der Waals surface area contributed by atoms with Gasteiger partial charge in [0.1, 0.15) is 5.82 Å². The maximum absolute atomic E-state index is 14.3. The molecule has 0 unspecified atom stereocenters. The van der Waals surface area contributed by atoms with Crippen molar-refractivity contribution in [3.05, 3.63) is 35.1 Å². The minimum absolute atomic E-state index is 0.0232. The third-order valence-electron chi connectivity index (χ3n) is 2.61. The minimum atomic E-state index is -0.127. The van der Waals surface area contributed by atoms with E-state index < -0.39 is 0 Å². The van der Waals surface area contributed by atoms with Crippen molar-refractivity contribution in [2.45, 2.75) is 53.4 Å². The highest BCUT2D eigenvalue weighted by Crippen LogP contribution is 2.29. The fourth-order valence-corrected chi connectivity index (χ4v) is 1.87. The molecule has 90 valence electrons. The number of hydrogen-bond donors (Lipinski definition) is 0. The first kappa shape index (κ1) is 13.2. The Bertz CT molecular complexity index is 364. The van der Waals surface area contributed by atoms with Gasteiger partial charge in [-0.05, 0) is 28.4 Å². The number of halogens is 1. The van der Waals surface area contributed by atoms with E-state index in [0.717, 1.165) is 17.5 Å². The molecule has 1 rings (SSSR count). The molecule has 0 saturated carbocycles. The van der Waals surface area contributed by atoms with Gasteiger partial charge in [-0.1, -0.05) is 59.7 Å². The van der Waals surface area contributed by atoms with Gasteiger partial charge in [-0.3, -0.25) is 0 Å². The molecule has 0 heterocycles. The van der Waals surface area contributed by atoms with Gasteiger partial charge in [0.15, 0.2) is 0 Å². The van der Waals surface area contributed by atoms with E-state index in [4.69, 9.17) is 0 Å². The third kappa shape index (κ3) is 3.33. The van der Waals surface area contributed by atoms with Gasteiger partial charge in [-0.25, -0.2) is 4.39 Å². The lowest BCUT2D eigenvalue weighted by Crippen LogP contribution is -2.17. The minimum Gasteiger partial charge on any atom is -0.206 e. The van der Waals surface area contributed by atoms with Gasteiger partial charge in [0.25, 0.3) is 0 Å². The zero-order chi connectivity index (χ0) is 12.6. The van der Waals surface area contributed by atoms with E-state index in [-0.39, 0.29) is 16.6 Å². The van der Waals surface area contributed by atoms with Crippen molar-refractivity contribution in [3.63, 3.8) is 0 Å². The van der Waals surface area contributed by atoms with Crippen LogP contribution in [0.4, 0.5) is 4.39 Å². The Hall–Kier alpha value is -0.850. The van der Waals surface area contributed by atoms with E-state index in [9.17, 15) is 4.39 Å². The third-order valence-corrected chi connectivity index (χ3v) is 2.61. The van der Waals surface area contributed by atoms with Crippen molar-refractivity contribution in [3.8, 4) is 0 Å². The van der Waals surface area contributed by atoms with E-state index in [1.54, 1.807) is 0 Å². The van der Waals surface area contributed by atoms with Crippen molar-refractivity contribution < 1.29 is 4.39 Å². The Balaban J connectivity index is 3.15. The SMILES string of the molecule is CC(C)(C)Cc1cccc(C(C)(C)C)c1F. The summed E-state index contributed by atoms with van der Waals surface area (Å²) in [5, 5.41) is 0. The van der Waals surface area contributed by atoms with Crippen LogP contribution in [0.1, 0.15) is 52.7 Å². The zero-order valence-corrected chi connectivity index (χ0v) is 11.3. The fraction of sp³-hybridized carbons (Fsp3) is 0.600. The predicted molar refractivity (Wildman–Crippen MR) is 68.3 cm³/mol. The molecule has 0 aliphatic carbocycles. The standard InChI is InChI=1S/C15H23F/c1-14(2,3)10-11-8-7-9-12(13(11)16)15(4,5)6/h7-9H,10H2,1-6H3. The van der Waals surface area contributed by atoms with Crippen molar-refractivity contribution in [1.29, 1.82) is 0 Å². The average Bonchev–Trinajstić information content (AvgIpc) is 2.04. The molecule has 0 radical (unpaired) electrons. The molecule has 1 aromatic rings. The van der Waals surface area contributed by atoms with Crippen LogP contribution in [0.25, 0.3) is 0 Å². The first-order valence-electron chi connectivity index (χ1n) is 5.89. The molecule has 0 nitrogen and oxygen atoms in total. The lowest BCUT2D eigenvalue weighted by molar-refractivity contribution is 0.398. The zero-order valence-electron chi connectivity index (χ0n) is 11.3. The van der Waals surface area contributed by atoms with Crippen molar-refractivity contribution >= 4 is 0 Å². The summed E-state index contributed by atoms with van der Waals surface area (Å²) in [5.41, 5.74) is 1.64. The maximum atomic E-state index is 14.3. The highest BCUT2D eigenvalue weighted by molar-refractivity contribution is 5.31. The first-order chi connectivity index (χ1) is 7.11. The molecular formula is C15H23F. The molecule has 0 fully saturated rings. The Morgan fingerprint density at radius 2 is 1.56 bits per heavy atom. The second-order valence-corrected chi connectivity index (χ2v) is 6.77. The Labute approximate surface area is 98.9 Å². The van der Waals surface area contributed by atoms with Crippen LogP contribution < -0.4 is 0 Å². The summed E-state index contributed by atoms with van der Waals surface area (Å²) < 4.78 is 14.3. The van der Waals surface area contributed by atoms with Crippen LogP contribution in [0.15, 0.2) is 18.2 Å². The van der Waals surface area contributed by atoms with Crippen LogP contribution in [0, 0.1) is 11.2 Å². The summed E-state index contributed by atoms with van der Waals surface area (Å²) in [6, 6.07) is 5.75. The highest BCUT2D eigenvalue weighted by atomic mass is 19.1. The lowest BCUT2D eigenvalue weighted by Gasteiger charge is -2.24. The van der Waals surface area contributed by atoms with Crippen LogP contribution in [0.5, 0.6) is 0 Å². The average molecular weight is 222 g/mol. The van der Waals surface area contributed by atoms with Crippen LogP contribution in [-0.2, 0) is 11.8 Å². The van der Waals surface area contributed by atoms with Gasteiger partial charge in [0.05, 0.1) is 0 Å². The van der Waals surface area contributed by atoms with Gasteiger partial charge in [0, 0.05) is 0 Å². The molecular weight excluding hydrogens is 199 g/mol. The summed E-state index contributed by atoms with van der Waals surface area (Å²) in [4.78, 5) is 0. The van der Waals surface area contributed by atoms with Gasteiger partial charge < -0.3 is 0 Å². The summed E-state index contributed by atoms with van der Waals surface area (Å²) >= 11 is 0. The molecule has 1 heteroatoms. The van der Waals surface area contributed by atoms with Gasteiger partial charge in [-0.15, -0.1) is 0 Å². The summed E-state index contributed by atoms with van der Waals surface area (Å²) in [6.45, 7) is 12.5. The monoisotopic (exact) mass is 222 g/mol. The first-order valence-corrected chi connectivity index (χ1v) is 5.89. The van der Waals surface area contributed by atoms with Gasteiger partial charge >= 0.3 is 0 Å². The molecule has 0 spiro atoms. The second-order valence-electron chi connectivity index (χ2n) is 6.77. The maximum Gasteiger partial charge on any atom is 0.130 e. The van der Waals surface area contributed by atoms with Crippen LogP contribution in [0.2, 0.25) is 0 Å². The molecule has 0 aliphatic heterocycles. The molecule has 1 aromatic carbocycles. The Kier molecular flexibility index (Phi) is 3.47. The number of benzene rings is 1. The molecule has 0 atom stereocenters. The van der Waals surface area contributed by atoms with E-state index in [1.807, 2.05) is 39.0 Å². The fourth-order valence-electron chi connectivity index (χ4n) is 1.87. The van der Waals surface area contributed by atoms with Crippen LogP contribution in [-0.4, -0.2) is 0 Å². The summed E-state index contributed by atoms with van der Waals surface area (Å²) in [6.07, 6.45) is 0.781. The number of rotatable bonds is 1. The normalized spacial score (nSPS) is 12.9. The molecule has 0 bridgehead atoms. The molecule has 0 saturated heterocycles. The van der Waals surface area contributed by atoms with Crippen molar-refractivity contribution in [2.75, 3.05) is 0 Å². The van der Waals surface area contributed by atoms with Crippen molar-refractivity contribution in [1.82, 2.24) is 0 Å². The van der Waals surface area contributed by atoms with E-state index >= 15 is 0 Å². The van der Waals surface area contributed by atoms with Crippen LogP contribution >= 0.6 is 0 Å². The summed E-state index contributed by atoms with van der Waals surface area (Å²) in [7, 11) is 0.